The Labute approximate surface area is 117 Å². The lowest BCUT2D eigenvalue weighted by molar-refractivity contribution is 0.271. The van der Waals surface area contributed by atoms with E-state index < -0.39 is 0 Å². The number of rotatable bonds is 0. The molecule has 2 nitrogen and oxygen atoms in total. The van der Waals surface area contributed by atoms with Crippen molar-refractivity contribution in [1.29, 1.82) is 0 Å². The van der Waals surface area contributed by atoms with Gasteiger partial charge in [-0.3, -0.25) is 0 Å². The van der Waals surface area contributed by atoms with E-state index in [0.717, 1.165) is 29.9 Å². The maximum Gasteiger partial charge on any atom is 0.138 e. The van der Waals surface area contributed by atoms with Gasteiger partial charge in [0.05, 0.1) is 5.39 Å². The minimum Gasteiger partial charge on any atom is -0.484 e. The highest BCUT2D eigenvalue weighted by atomic mass is 16.5. The minimum absolute atomic E-state index is 0.144. The predicted octanol–water partition coefficient (Wildman–Crippen LogP) is 4.36. The maximum absolute atomic E-state index is 6.23. The van der Waals surface area contributed by atoms with Crippen LogP contribution in [0.2, 0.25) is 0 Å². The van der Waals surface area contributed by atoms with Gasteiger partial charge >= 0.3 is 0 Å². The number of furan rings is 1. The fourth-order valence-corrected chi connectivity index (χ4v) is 3.56. The van der Waals surface area contributed by atoms with E-state index in [9.17, 15) is 0 Å². The molecule has 0 N–H and O–H groups in total. The Kier molecular flexibility index (Phi) is 1.93. The van der Waals surface area contributed by atoms with Crippen LogP contribution in [0.15, 0.2) is 46.9 Å². The highest BCUT2D eigenvalue weighted by Gasteiger charge is 2.35. The molecule has 0 radical (unpaired) electrons. The molecule has 0 saturated heterocycles. The first-order chi connectivity index (χ1) is 9.92. The first-order valence-corrected chi connectivity index (χ1v) is 7.18. The summed E-state index contributed by atoms with van der Waals surface area (Å²) >= 11 is 0. The van der Waals surface area contributed by atoms with Gasteiger partial charge in [0.15, 0.2) is 0 Å². The van der Waals surface area contributed by atoms with E-state index >= 15 is 0 Å². The van der Waals surface area contributed by atoms with Crippen molar-refractivity contribution >= 4 is 17.0 Å². The predicted molar refractivity (Wildman–Crippen MR) is 79.0 cm³/mol. The second-order valence-corrected chi connectivity index (χ2v) is 5.62. The molecule has 2 heterocycles. The quantitative estimate of drug-likeness (QED) is 0.703. The number of fused-ring (bicyclic) bond motifs is 7. The van der Waals surface area contributed by atoms with Crippen molar-refractivity contribution in [3.63, 3.8) is 0 Å². The van der Waals surface area contributed by atoms with Crippen LogP contribution in [0.3, 0.4) is 0 Å². The summed E-state index contributed by atoms with van der Waals surface area (Å²) < 4.78 is 12.2. The van der Waals surface area contributed by atoms with E-state index in [1.165, 1.54) is 16.5 Å². The lowest BCUT2D eigenvalue weighted by Gasteiger charge is -2.13. The Morgan fingerprint density at radius 2 is 2.05 bits per heavy atom. The lowest BCUT2D eigenvalue weighted by Crippen LogP contribution is -2.15. The normalized spacial score (nSPS) is 25.4. The monoisotopic (exact) mass is 262 g/mol. The second kappa shape index (κ2) is 3.66. The second-order valence-electron chi connectivity index (χ2n) is 5.62. The Balaban J connectivity index is 1.81. The molecule has 98 valence electrons. The Hall–Kier alpha value is -2.22. The first kappa shape index (κ1) is 10.6. The summed E-state index contributed by atoms with van der Waals surface area (Å²) in [6.07, 6.45) is 15.1. The fraction of sp³-hybridized carbons (Fsp3) is 0.222. The van der Waals surface area contributed by atoms with Crippen LogP contribution in [0.25, 0.3) is 17.0 Å². The largest absolute Gasteiger partial charge is 0.484 e. The summed E-state index contributed by atoms with van der Waals surface area (Å²) in [5.41, 5.74) is 3.55. The van der Waals surface area contributed by atoms with Crippen molar-refractivity contribution in [2.75, 3.05) is 0 Å². The highest BCUT2D eigenvalue weighted by Crippen LogP contribution is 2.48. The van der Waals surface area contributed by atoms with E-state index in [-0.39, 0.29) is 6.10 Å². The Bertz CT molecular complexity index is 804. The van der Waals surface area contributed by atoms with E-state index in [2.05, 4.69) is 48.6 Å². The number of ether oxygens (including phenoxy) is 1. The molecule has 5 rings (SSSR count). The average Bonchev–Trinajstić information content (AvgIpc) is 3.04. The van der Waals surface area contributed by atoms with E-state index in [0.29, 0.717) is 5.92 Å². The number of hydrogen-bond acceptors (Lipinski definition) is 2. The molecule has 0 fully saturated rings. The molecule has 2 heteroatoms. The summed E-state index contributed by atoms with van der Waals surface area (Å²) in [6.45, 7) is 0. The topological polar surface area (TPSA) is 22.4 Å². The van der Waals surface area contributed by atoms with Gasteiger partial charge in [-0.2, -0.15) is 0 Å². The smallest absolute Gasteiger partial charge is 0.138 e. The molecular weight excluding hydrogens is 248 g/mol. The van der Waals surface area contributed by atoms with Crippen molar-refractivity contribution in [1.82, 2.24) is 0 Å². The van der Waals surface area contributed by atoms with Crippen molar-refractivity contribution in [3.05, 3.63) is 59.4 Å². The molecule has 1 unspecified atom stereocenters. The summed E-state index contributed by atoms with van der Waals surface area (Å²) in [7, 11) is 0. The van der Waals surface area contributed by atoms with Crippen LogP contribution in [-0.4, -0.2) is 6.10 Å². The molecule has 1 aromatic heterocycles. The summed E-state index contributed by atoms with van der Waals surface area (Å²) in [5, 5.41) is 1.19. The van der Waals surface area contributed by atoms with Crippen LogP contribution in [0.1, 0.15) is 29.2 Å². The van der Waals surface area contributed by atoms with Crippen molar-refractivity contribution in [2.45, 2.75) is 24.9 Å². The highest BCUT2D eigenvalue weighted by molar-refractivity contribution is 5.93. The van der Waals surface area contributed by atoms with Crippen LogP contribution in [0.4, 0.5) is 0 Å². The van der Waals surface area contributed by atoms with E-state index in [1.54, 1.807) is 0 Å². The standard InChI is InChI=1S/C18H14O2/c1-3-7-14-11(5-1)12-9-10-16-17(18(12)20-14)13-6-2-4-8-15(13)19-16/h1,3-5,7-11,14H,2,6H2/t11?,14-/m0/s1. The number of aryl methyl sites for hydroxylation is 1. The van der Waals surface area contributed by atoms with Crippen molar-refractivity contribution in [2.24, 2.45) is 0 Å². The van der Waals surface area contributed by atoms with Gasteiger partial charge < -0.3 is 9.15 Å². The molecule has 0 spiro atoms. The summed E-state index contributed by atoms with van der Waals surface area (Å²) in [4.78, 5) is 0. The third kappa shape index (κ3) is 1.24. The third-order valence-corrected chi connectivity index (χ3v) is 4.50. The van der Waals surface area contributed by atoms with Crippen molar-refractivity contribution < 1.29 is 9.15 Å². The molecule has 1 aliphatic heterocycles. The average molecular weight is 262 g/mol. The minimum atomic E-state index is 0.144. The summed E-state index contributed by atoms with van der Waals surface area (Å²) in [5.74, 6) is 2.39. The zero-order valence-electron chi connectivity index (χ0n) is 11.0. The van der Waals surface area contributed by atoms with Gasteiger partial charge in [0, 0.05) is 17.0 Å². The van der Waals surface area contributed by atoms with Gasteiger partial charge in [-0.05, 0) is 31.1 Å². The lowest BCUT2D eigenvalue weighted by atomic mass is 9.90. The maximum atomic E-state index is 6.23. The van der Waals surface area contributed by atoms with Gasteiger partial charge in [0.2, 0.25) is 0 Å². The van der Waals surface area contributed by atoms with Crippen LogP contribution < -0.4 is 4.74 Å². The van der Waals surface area contributed by atoms with Crippen LogP contribution in [0.5, 0.6) is 5.75 Å². The molecule has 20 heavy (non-hydrogen) atoms. The fourth-order valence-electron chi connectivity index (χ4n) is 3.56. The van der Waals surface area contributed by atoms with Gasteiger partial charge in [0.25, 0.3) is 0 Å². The molecular formula is C18H14O2. The van der Waals surface area contributed by atoms with Gasteiger partial charge in [-0.15, -0.1) is 0 Å². The molecule has 0 saturated carbocycles. The molecule has 2 atom stereocenters. The molecule has 3 aliphatic rings. The summed E-state index contributed by atoms with van der Waals surface area (Å²) in [6, 6.07) is 4.25. The van der Waals surface area contributed by atoms with Crippen LogP contribution >= 0.6 is 0 Å². The van der Waals surface area contributed by atoms with Gasteiger partial charge in [0.1, 0.15) is 23.2 Å². The molecule has 0 bridgehead atoms. The Morgan fingerprint density at radius 3 is 3.05 bits per heavy atom. The number of hydrogen-bond donors (Lipinski definition) is 0. The van der Waals surface area contributed by atoms with Gasteiger partial charge in [-0.1, -0.05) is 30.4 Å². The SMILES string of the molecule is C1=CC2c3ccc4oc5c(c4c3O[C@H]2C=C1)CCC=C5. The van der Waals surface area contributed by atoms with Crippen LogP contribution in [0, 0.1) is 0 Å². The molecule has 1 aromatic carbocycles. The van der Waals surface area contributed by atoms with Gasteiger partial charge in [-0.25, -0.2) is 0 Å². The molecule has 0 amide bonds. The zero-order valence-corrected chi connectivity index (χ0v) is 11.0. The number of benzene rings is 1. The molecule has 2 aromatic rings. The van der Waals surface area contributed by atoms with E-state index in [4.69, 9.17) is 9.15 Å². The van der Waals surface area contributed by atoms with E-state index in [1.807, 2.05) is 0 Å². The Morgan fingerprint density at radius 1 is 1.10 bits per heavy atom. The zero-order chi connectivity index (χ0) is 13.1. The van der Waals surface area contributed by atoms with Crippen LogP contribution in [-0.2, 0) is 6.42 Å². The van der Waals surface area contributed by atoms with Crippen molar-refractivity contribution in [3.8, 4) is 5.75 Å². The first-order valence-electron chi connectivity index (χ1n) is 7.18. The molecule has 2 aliphatic carbocycles. The number of allylic oxidation sites excluding steroid dienone is 3. The third-order valence-electron chi connectivity index (χ3n) is 4.50.